The summed E-state index contributed by atoms with van der Waals surface area (Å²) in [6.45, 7) is 4.22. The van der Waals surface area contributed by atoms with E-state index in [9.17, 15) is 14.0 Å². The molecule has 31 heavy (non-hydrogen) atoms. The van der Waals surface area contributed by atoms with E-state index < -0.39 is 5.91 Å². The molecule has 6 nitrogen and oxygen atoms in total. The molecule has 0 spiro atoms. The van der Waals surface area contributed by atoms with E-state index in [0.29, 0.717) is 11.3 Å². The van der Waals surface area contributed by atoms with Crippen molar-refractivity contribution in [1.82, 2.24) is 10.9 Å². The number of carbonyl (C=O) groups excluding carboxylic acids is 2. The van der Waals surface area contributed by atoms with Crippen LogP contribution in [0.1, 0.15) is 27.0 Å². The van der Waals surface area contributed by atoms with Crippen LogP contribution in [0.5, 0.6) is 5.75 Å². The molecule has 3 N–H and O–H groups in total. The predicted molar refractivity (Wildman–Crippen MR) is 117 cm³/mol. The molecule has 0 aromatic heterocycles. The van der Waals surface area contributed by atoms with Crippen molar-refractivity contribution >= 4 is 17.5 Å². The van der Waals surface area contributed by atoms with E-state index in [-0.39, 0.29) is 24.9 Å². The highest BCUT2D eigenvalue weighted by Gasteiger charge is 2.09. The van der Waals surface area contributed by atoms with Crippen LogP contribution in [0.2, 0.25) is 0 Å². The van der Waals surface area contributed by atoms with Crippen LogP contribution in [0.3, 0.4) is 0 Å². The summed E-state index contributed by atoms with van der Waals surface area (Å²) in [6.07, 6.45) is 0. The molecular formula is C24H24FN3O3. The zero-order valence-electron chi connectivity index (χ0n) is 17.4. The number of nitrogens with one attached hydrogen (secondary N) is 3. The van der Waals surface area contributed by atoms with E-state index in [1.807, 2.05) is 32.0 Å². The molecule has 0 radical (unpaired) electrons. The summed E-state index contributed by atoms with van der Waals surface area (Å²) in [5.41, 5.74) is 8.95. The summed E-state index contributed by atoms with van der Waals surface area (Å²) in [7, 11) is 0. The van der Waals surface area contributed by atoms with Crippen molar-refractivity contribution in [2.24, 2.45) is 0 Å². The molecule has 7 heteroatoms. The number of halogens is 1. The molecule has 0 unspecified atom stereocenters. The number of benzene rings is 3. The number of aryl methyl sites for hydroxylation is 2. The normalized spacial score (nSPS) is 10.3. The van der Waals surface area contributed by atoms with Gasteiger partial charge >= 0.3 is 0 Å². The topological polar surface area (TPSA) is 79.5 Å². The molecule has 3 aromatic rings. The van der Waals surface area contributed by atoms with Gasteiger partial charge in [0, 0.05) is 11.3 Å². The van der Waals surface area contributed by atoms with Crippen molar-refractivity contribution in [2.75, 3.05) is 11.9 Å². The van der Waals surface area contributed by atoms with Gasteiger partial charge in [-0.05, 0) is 61.4 Å². The Morgan fingerprint density at radius 2 is 1.71 bits per heavy atom. The number of carbonyl (C=O) groups is 2. The van der Waals surface area contributed by atoms with E-state index >= 15 is 0 Å². The quantitative estimate of drug-likeness (QED) is 0.506. The van der Waals surface area contributed by atoms with Gasteiger partial charge < -0.3 is 10.1 Å². The standard InChI is InChI=1S/C24H24FN3O3/c1-16-6-11-22(17(2)12-16)26-14-23(29)27-28-24(30)19-4-3-5-21(13-19)31-15-18-7-9-20(25)10-8-18/h3-13,26H,14-15H2,1-2H3,(H,27,29)(H,28,30). The van der Waals surface area contributed by atoms with E-state index in [0.717, 1.165) is 22.4 Å². The van der Waals surface area contributed by atoms with Crippen LogP contribution in [-0.2, 0) is 11.4 Å². The van der Waals surface area contributed by atoms with Gasteiger partial charge in [0.05, 0.1) is 6.54 Å². The molecule has 0 aliphatic carbocycles. The fourth-order valence-corrected chi connectivity index (χ4v) is 2.90. The third-order valence-electron chi connectivity index (χ3n) is 4.55. The molecule has 0 aliphatic heterocycles. The lowest BCUT2D eigenvalue weighted by atomic mass is 10.1. The molecule has 0 saturated carbocycles. The molecule has 3 aromatic carbocycles. The average Bonchev–Trinajstić information content (AvgIpc) is 2.76. The summed E-state index contributed by atoms with van der Waals surface area (Å²) in [5.74, 6) is -0.669. The maximum absolute atomic E-state index is 13.0. The number of hydrogen-bond donors (Lipinski definition) is 3. The minimum absolute atomic E-state index is 0.0189. The van der Waals surface area contributed by atoms with Gasteiger partial charge in [-0.1, -0.05) is 35.9 Å². The second-order valence-electron chi connectivity index (χ2n) is 7.12. The Bertz CT molecular complexity index is 1070. The van der Waals surface area contributed by atoms with Gasteiger partial charge in [-0.3, -0.25) is 20.4 Å². The van der Waals surface area contributed by atoms with Gasteiger partial charge in [-0.2, -0.15) is 0 Å². The van der Waals surface area contributed by atoms with Gasteiger partial charge in [-0.15, -0.1) is 0 Å². The first-order valence-electron chi connectivity index (χ1n) is 9.78. The molecular weight excluding hydrogens is 397 g/mol. The number of anilines is 1. The third-order valence-corrected chi connectivity index (χ3v) is 4.55. The van der Waals surface area contributed by atoms with E-state index in [4.69, 9.17) is 4.74 Å². The minimum atomic E-state index is -0.466. The van der Waals surface area contributed by atoms with Gasteiger partial charge in [0.2, 0.25) is 0 Å². The highest BCUT2D eigenvalue weighted by Crippen LogP contribution is 2.16. The molecule has 0 heterocycles. The van der Waals surface area contributed by atoms with Crippen molar-refractivity contribution in [3.63, 3.8) is 0 Å². The largest absolute Gasteiger partial charge is 0.489 e. The zero-order valence-corrected chi connectivity index (χ0v) is 17.4. The molecule has 0 aliphatic rings. The average molecular weight is 421 g/mol. The number of rotatable bonds is 7. The van der Waals surface area contributed by atoms with Gasteiger partial charge in [0.15, 0.2) is 0 Å². The highest BCUT2D eigenvalue weighted by molar-refractivity contribution is 5.96. The summed E-state index contributed by atoms with van der Waals surface area (Å²) < 4.78 is 18.6. The number of amides is 2. The van der Waals surface area contributed by atoms with Crippen LogP contribution in [0.15, 0.2) is 66.7 Å². The first-order valence-corrected chi connectivity index (χ1v) is 9.78. The molecule has 0 fully saturated rings. The Morgan fingerprint density at radius 1 is 0.935 bits per heavy atom. The molecule has 2 amide bonds. The molecule has 3 rings (SSSR count). The fourth-order valence-electron chi connectivity index (χ4n) is 2.90. The number of hydrazine groups is 1. The van der Waals surface area contributed by atoms with Crippen molar-refractivity contribution in [1.29, 1.82) is 0 Å². The molecule has 0 bridgehead atoms. The van der Waals surface area contributed by atoms with Gasteiger partial charge in [0.25, 0.3) is 11.8 Å². The second kappa shape index (κ2) is 10.2. The fraction of sp³-hybridized carbons (Fsp3) is 0.167. The van der Waals surface area contributed by atoms with Crippen LogP contribution >= 0.6 is 0 Å². The monoisotopic (exact) mass is 421 g/mol. The Morgan fingerprint density at radius 3 is 2.45 bits per heavy atom. The maximum atomic E-state index is 13.0. The Labute approximate surface area is 180 Å². The SMILES string of the molecule is Cc1ccc(NCC(=O)NNC(=O)c2cccc(OCc3ccc(F)cc3)c2)c(C)c1. The summed E-state index contributed by atoms with van der Waals surface area (Å²) >= 11 is 0. The lowest BCUT2D eigenvalue weighted by molar-refractivity contribution is -0.120. The van der Waals surface area contributed by atoms with Crippen LogP contribution in [0.25, 0.3) is 0 Å². The van der Waals surface area contributed by atoms with Crippen molar-refractivity contribution < 1.29 is 18.7 Å². The van der Waals surface area contributed by atoms with E-state index in [1.54, 1.807) is 36.4 Å². The third kappa shape index (κ3) is 6.57. The summed E-state index contributed by atoms with van der Waals surface area (Å²) in [5, 5.41) is 3.04. The molecule has 0 atom stereocenters. The lowest BCUT2D eigenvalue weighted by Gasteiger charge is -2.12. The number of hydrogen-bond acceptors (Lipinski definition) is 4. The van der Waals surface area contributed by atoms with Crippen LogP contribution in [0.4, 0.5) is 10.1 Å². The Kier molecular flexibility index (Phi) is 7.22. The highest BCUT2D eigenvalue weighted by atomic mass is 19.1. The number of ether oxygens (including phenoxy) is 1. The zero-order chi connectivity index (χ0) is 22.2. The molecule has 160 valence electrons. The van der Waals surface area contributed by atoms with E-state index in [2.05, 4.69) is 16.2 Å². The van der Waals surface area contributed by atoms with E-state index in [1.165, 1.54) is 12.1 Å². The van der Waals surface area contributed by atoms with Crippen molar-refractivity contribution in [3.8, 4) is 5.75 Å². The predicted octanol–water partition coefficient (Wildman–Crippen LogP) is 3.89. The first-order chi connectivity index (χ1) is 14.9. The molecule has 0 saturated heterocycles. The minimum Gasteiger partial charge on any atom is -0.489 e. The van der Waals surface area contributed by atoms with Gasteiger partial charge in [-0.25, -0.2) is 4.39 Å². The van der Waals surface area contributed by atoms with Crippen molar-refractivity contribution in [2.45, 2.75) is 20.5 Å². The van der Waals surface area contributed by atoms with Crippen LogP contribution < -0.4 is 20.9 Å². The summed E-state index contributed by atoms with van der Waals surface area (Å²) in [4.78, 5) is 24.4. The second-order valence-corrected chi connectivity index (χ2v) is 7.12. The smallest absolute Gasteiger partial charge is 0.269 e. The lowest BCUT2D eigenvalue weighted by Crippen LogP contribution is -2.44. The van der Waals surface area contributed by atoms with Gasteiger partial charge in [0.1, 0.15) is 18.2 Å². The van der Waals surface area contributed by atoms with Crippen molar-refractivity contribution in [3.05, 3.63) is 94.8 Å². The first kappa shape index (κ1) is 21.8. The Hall–Kier alpha value is -3.87. The van der Waals surface area contributed by atoms with Crippen LogP contribution in [-0.4, -0.2) is 18.4 Å². The Balaban J connectivity index is 1.47. The van der Waals surface area contributed by atoms with Crippen LogP contribution in [0, 0.1) is 19.7 Å². The summed E-state index contributed by atoms with van der Waals surface area (Å²) in [6, 6.07) is 18.5. The maximum Gasteiger partial charge on any atom is 0.269 e.